The van der Waals surface area contributed by atoms with E-state index in [0.717, 1.165) is 21.1 Å². The maximum atomic E-state index is 11.9. The first-order valence-electron chi connectivity index (χ1n) is 7.68. The number of thiazole rings is 1. The van der Waals surface area contributed by atoms with Crippen molar-refractivity contribution in [1.82, 2.24) is 10.3 Å². The monoisotopic (exact) mass is 338 g/mol. The van der Waals surface area contributed by atoms with Crippen molar-refractivity contribution in [3.63, 3.8) is 0 Å². The van der Waals surface area contributed by atoms with Gasteiger partial charge in [-0.05, 0) is 19.1 Å². The van der Waals surface area contributed by atoms with Crippen molar-refractivity contribution >= 4 is 17.2 Å². The lowest BCUT2D eigenvalue weighted by Gasteiger charge is -2.06. The van der Waals surface area contributed by atoms with Crippen molar-refractivity contribution < 1.29 is 9.53 Å². The molecule has 1 amide bonds. The molecule has 0 aliphatic carbocycles. The Morgan fingerprint density at radius 2 is 1.75 bits per heavy atom. The third-order valence-electron chi connectivity index (χ3n) is 3.47. The number of ether oxygens (including phenoxy) is 1. The second-order valence-electron chi connectivity index (χ2n) is 5.27. The van der Waals surface area contributed by atoms with Gasteiger partial charge in [-0.1, -0.05) is 48.5 Å². The summed E-state index contributed by atoms with van der Waals surface area (Å²) < 4.78 is 5.44. The van der Waals surface area contributed by atoms with Crippen LogP contribution in [0.15, 0.2) is 60.7 Å². The van der Waals surface area contributed by atoms with E-state index in [1.807, 2.05) is 67.6 Å². The Morgan fingerprint density at radius 1 is 1.08 bits per heavy atom. The standard InChI is InChI=1S/C19H18N2O2S/c1-14-17(24-19(21-14)15-8-4-2-5-9-15)12-20-18(22)13-23-16-10-6-3-7-11-16/h2-11H,12-13H2,1H3,(H,20,22). The number of carbonyl (C=O) groups excluding carboxylic acids is 1. The lowest BCUT2D eigenvalue weighted by atomic mass is 10.2. The lowest BCUT2D eigenvalue weighted by molar-refractivity contribution is -0.123. The zero-order valence-corrected chi connectivity index (χ0v) is 14.2. The van der Waals surface area contributed by atoms with E-state index in [9.17, 15) is 4.79 Å². The quantitative estimate of drug-likeness (QED) is 0.743. The molecule has 0 bridgehead atoms. The molecule has 0 aliphatic heterocycles. The van der Waals surface area contributed by atoms with E-state index in [1.54, 1.807) is 11.3 Å². The highest BCUT2D eigenvalue weighted by atomic mass is 32.1. The van der Waals surface area contributed by atoms with Crippen LogP contribution in [0, 0.1) is 6.92 Å². The molecule has 0 fully saturated rings. The van der Waals surface area contributed by atoms with Gasteiger partial charge in [0.25, 0.3) is 5.91 Å². The number of nitrogens with zero attached hydrogens (tertiary/aromatic N) is 1. The van der Waals surface area contributed by atoms with Gasteiger partial charge in [0, 0.05) is 10.4 Å². The van der Waals surface area contributed by atoms with Crippen molar-refractivity contribution in [2.45, 2.75) is 13.5 Å². The van der Waals surface area contributed by atoms with Gasteiger partial charge in [-0.3, -0.25) is 4.79 Å². The number of para-hydroxylation sites is 1. The number of amides is 1. The van der Waals surface area contributed by atoms with E-state index in [1.165, 1.54) is 0 Å². The Balaban J connectivity index is 1.55. The first-order chi connectivity index (χ1) is 11.7. The van der Waals surface area contributed by atoms with Gasteiger partial charge in [0.2, 0.25) is 0 Å². The molecule has 0 spiro atoms. The van der Waals surface area contributed by atoms with E-state index in [0.29, 0.717) is 12.3 Å². The minimum absolute atomic E-state index is 0.00735. The highest BCUT2D eigenvalue weighted by molar-refractivity contribution is 7.15. The molecule has 0 saturated heterocycles. The molecule has 3 rings (SSSR count). The summed E-state index contributed by atoms with van der Waals surface area (Å²) in [6.45, 7) is 2.44. The molecular weight excluding hydrogens is 320 g/mol. The molecule has 2 aromatic carbocycles. The maximum absolute atomic E-state index is 11.9. The molecule has 0 unspecified atom stereocenters. The summed E-state index contributed by atoms with van der Waals surface area (Å²) in [6.07, 6.45) is 0. The van der Waals surface area contributed by atoms with Crippen LogP contribution in [0.2, 0.25) is 0 Å². The van der Waals surface area contributed by atoms with Crippen LogP contribution in [-0.4, -0.2) is 17.5 Å². The molecule has 0 saturated carbocycles. The number of aromatic nitrogens is 1. The van der Waals surface area contributed by atoms with Crippen LogP contribution >= 0.6 is 11.3 Å². The summed E-state index contributed by atoms with van der Waals surface area (Å²) in [5, 5.41) is 3.85. The molecule has 4 nitrogen and oxygen atoms in total. The van der Waals surface area contributed by atoms with Crippen LogP contribution in [0.25, 0.3) is 10.6 Å². The third-order valence-corrected chi connectivity index (χ3v) is 4.68. The predicted octanol–water partition coefficient (Wildman–Crippen LogP) is 3.81. The van der Waals surface area contributed by atoms with Crippen LogP contribution in [0.4, 0.5) is 0 Å². The largest absolute Gasteiger partial charge is 0.484 e. The van der Waals surface area contributed by atoms with Gasteiger partial charge >= 0.3 is 0 Å². The van der Waals surface area contributed by atoms with Crippen molar-refractivity contribution in [3.8, 4) is 16.3 Å². The number of hydrogen-bond donors (Lipinski definition) is 1. The van der Waals surface area contributed by atoms with Crippen LogP contribution in [-0.2, 0) is 11.3 Å². The highest BCUT2D eigenvalue weighted by Crippen LogP contribution is 2.27. The van der Waals surface area contributed by atoms with Gasteiger partial charge in [-0.2, -0.15) is 0 Å². The summed E-state index contributed by atoms with van der Waals surface area (Å²) in [5.74, 6) is 0.542. The SMILES string of the molecule is Cc1nc(-c2ccccc2)sc1CNC(=O)COc1ccccc1. The minimum atomic E-state index is -0.145. The number of aryl methyl sites for hydroxylation is 1. The Hall–Kier alpha value is -2.66. The first kappa shape index (κ1) is 16.2. The summed E-state index contributed by atoms with van der Waals surface area (Å²) >= 11 is 1.60. The van der Waals surface area contributed by atoms with Gasteiger partial charge in [0.1, 0.15) is 10.8 Å². The fraction of sp³-hybridized carbons (Fsp3) is 0.158. The Bertz CT molecular complexity index is 801. The maximum Gasteiger partial charge on any atom is 0.258 e. The molecule has 1 N–H and O–H groups in total. The lowest BCUT2D eigenvalue weighted by Crippen LogP contribution is -2.28. The number of carbonyl (C=O) groups is 1. The Labute approximate surface area is 145 Å². The summed E-state index contributed by atoms with van der Waals surface area (Å²) in [4.78, 5) is 17.6. The average molecular weight is 338 g/mol. The van der Waals surface area contributed by atoms with E-state index in [-0.39, 0.29) is 12.5 Å². The zero-order valence-electron chi connectivity index (χ0n) is 13.4. The fourth-order valence-corrected chi connectivity index (χ4v) is 3.20. The van der Waals surface area contributed by atoms with Crippen molar-refractivity contribution in [2.75, 3.05) is 6.61 Å². The normalized spacial score (nSPS) is 10.4. The number of rotatable bonds is 6. The third kappa shape index (κ3) is 4.20. The number of nitrogens with one attached hydrogen (secondary N) is 1. The summed E-state index contributed by atoms with van der Waals surface area (Å²) in [5.41, 5.74) is 2.04. The van der Waals surface area contributed by atoms with E-state index >= 15 is 0 Å². The van der Waals surface area contributed by atoms with Crippen molar-refractivity contribution in [1.29, 1.82) is 0 Å². The van der Waals surface area contributed by atoms with Gasteiger partial charge < -0.3 is 10.1 Å². The van der Waals surface area contributed by atoms with E-state index in [2.05, 4.69) is 10.3 Å². The van der Waals surface area contributed by atoms with Crippen LogP contribution in [0.1, 0.15) is 10.6 Å². The van der Waals surface area contributed by atoms with Crippen LogP contribution < -0.4 is 10.1 Å². The van der Waals surface area contributed by atoms with Crippen molar-refractivity contribution in [2.24, 2.45) is 0 Å². The first-order valence-corrected chi connectivity index (χ1v) is 8.50. The topological polar surface area (TPSA) is 51.2 Å². The number of benzene rings is 2. The molecule has 1 aromatic heterocycles. The minimum Gasteiger partial charge on any atom is -0.484 e. The van der Waals surface area contributed by atoms with Crippen molar-refractivity contribution in [3.05, 3.63) is 71.2 Å². The fourth-order valence-electron chi connectivity index (χ4n) is 2.19. The molecule has 0 atom stereocenters. The smallest absolute Gasteiger partial charge is 0.258 e. The second kappa shape index (κ2) is 7.75. The molecule has 24 heavy (non-hydrogen) atoms. The Morgan fingerprint density at radius 3 is 2.46 bits per heavy atom. The molecule has 1 heterocycles. The molecular formula is C19H18N2O2S. The molecule has 0 aliphatic rings. The molecule has 122 valence electrons. The second-order valence-corrected chi connectivity index (χ2v) is 6.36. The predicted molar refractivity (Wildman–Crippen MR) is 96.1 cm³/mol. The summed E-state index contributed by atoms with van der Waals surface area (Å²) in [6, 6.07) is 19.4. The number of hydrogen-bond acceptors (Lipinski definition) is 4. The van der Waals surface area contributed by atoms with E-state index in [4.69, 9.17) is 4.74 Å². The zero-order chi connectivity index (χ0) is 16.8. The molecule has 0 radical (unpaired) electrons. The van der Waals surface area contributed by atoms with Crippen LogP contribution in [0.5, 0.6) is 5.75 Å². The average Bonchev–Trinajstić information content (AvgIpc) is 3.01. The van der Waals surface area contributed by atoms with Gasteiger partial charge in [-0.25, -0.2) is 4.98 Å². The van der Waals surface area contributed by atoms with Gasteiger partial charge in [0.05, 0.1) is 12.2 Å². The van der Waals surface area contributed by atoms with E-state index < -0.39 is 0 Å². The molecule has 5 heteroatoms. The highest BCUT2D eigenvalue weighted by Gasteiger charge is 2.10. The van der Waals surface area contributed by atoms with Gasteiger partial charge in [0.15, 0.2) is 6.61 Å². The van der Waals surface area contributed by atoms with Gasteiger partial charge in [-0.15, -0.1) is 11.3 Å². The Kier molecular flexibility index (Phi) is 5.23. The van der Waals surface area contributed by atoms with Crippen LogP contribution in [0.3, 0.4) is 0 Å². The summed E-state index contributed by atoms with van der Waals surface area (Å²) in [7, 11) is 0. The molecule has 3 aromatic rings.